The molecule has 0 bridgehead atoms. The van der Waals surface area contributed by atoms with Crippen molar-refractivity contribution in [2.75, 3.05) is 17.7 Å². The lowest BCUT2D eigenvalue weighted by molar-refractivity contribution is -0.117. The highest BCUT2D eigenvalue weighted by molar-refractivity contribution is 6.04. The van der Waals surface area contributed by atoms with E-state index in [2.05, 4.69) is 15.4 Å². The second-order valence-corrected chi connectivity index (χ2v) is 4.61. The fourth-order valence-electron chi connectivity index (χ4n) is 1.93. The molecule has 1 amide bonds. The Bertz CT molecular complexity index is 497. The first-order chi connectivity index (χ1) is 8.52. The zero-order valence-electron chi connectivity index (χ0n) is 10.6. The van der Waals surface area contributed by atoms with Gasteiger partial charge in [0.2, 0.25) is 5.91 Å². The number of hydrogen-bond donors (Lipinski definition) is 2. The van der Waals surface area contributed by atoms with Crippen molar-refractivity contribution in [2.45, 2.75) is 19.9 Å². The van der Waals surface area contributed by atoms with Crippen molar-refractivity contribution >= 4 is 23.3 Å². The summed E-state index contributed by atoms with van der Waals surface area (Å²) in [5.74, 6) is -0.309. The van der Waals surface area contributed by atoms with Crippen molar-refractivity contribution in [1.82, 2.24) is 0 Å². The molecule has 0 aromatic heterocycles. The Morgan fingerprint density at radius 1 is 1.33 bits per heavy atom. The maximum Gasteiger partial charge on any atom is 0.337 e. The van der Waals surface area contributed by atoms with Gasteiger partial charge in [0.1, 0.15) is 6.04 Å². The van der Waals surface area contributed by atoms with Gasteiger partial charge in [-0.25, -0.2) is 4.79 Å². The van der Waals surface area contributed by atoms with Crippen LogP contribution in [-0.4, -0.2) is 25.0 Å². The van der Waals surface area contributed by atoms with E-state index in [1.807, 2.05) is 13.8 Å². The highest BCUT2D eigenvalue weighted by atomic mass is 16.5. The summed E-state index contributed by atoms with van der Waals surface area (Å²) in [5, 5.41) is 5.97. The van der Waals surface area contributed by atoms with Gasteiger partial charge < -0.3 is 15.4 Å². The third kappa shape index (κ3) is 2.16. The largest absolute Gasteiger partial charge is 0.465 e. The topological polar surface area (TPSA) is 67.4 Å². The van der Waals surface area contributed by atoms with Gasteiger partial charge in [-0.05, 0) is 24.1 Å². The van der Waals surface area contributed by atoms with Gasteiger partial charge in [0, 0.05) is 0 Å². The van der Waals surface area contributed by atoms with E-state index in [1.165, 1.54) is 7.11 Å². The molecule has 0 fully saturated rings. The number of hydrogen-bond acceptors (Lipinski definition) is 4. The van der Waals surface area contributed by atoms with Crippen molar-refractivity contribution in [1.29, 1.82) is 0 Å². The molecule has 1 heterocycles. The molecule has 18 heavy (non-hydrogen) atoms. The van der Waals surface area contributed by atoms with Crippen molar-refractivity contribution in [3.8, 4) is 0 Å². The molecular formula is C13H16N2O3. The number of carbonyl (C=O) groups is 2. The average Bonchev–Trinajstić information content (AvgIpc) is 2.35. The zero-order valence-corrected chi connectivity index (χ0v) is 10.6. The van der Waals surface area contributed by atoms with E-state index >= 15 is 0 Å². The van der Waals surface area contributed by atoms with Gasteiger partial charge in [0.05, 0.1) is 24.0 Å². The summed E-state index contributed by atoms with van der Waals surface area (Å²) in [4.78, 5) is 23.3. The number of amides is 1. The van der Waals surface area contributed by atoms with E-state index in [0.29, 0.717) is 11.3 Å². The normalized spacial score (nSPS) is 17.8. The molecule has 0 saturated heterocycles. The maximum absolute atomic E-state index is 11.9. The minimum Gasteiger partial charge on any atom is -0.465 e. The van der Waals surface area contributed by atoms with E-state index in [4.69, 9.17) is 0 Å². The first-order valence-electron chi connectivity index (χ1n) is 5.82. The molecule has 0 aliphatic carbocycles. The first-order valence-corrected chi connectivity index (χ1v) is 5.82. The lowest BCUT2D eigenvalue weighted by Crippen LogP contribution is -2.42. The second-order valence-electron chi connectivity index (χ2n) is 4.61. The molecule has 1 atom stereocenters. The SMILES string of the molecule is COC(=O)c1ccc2c(c1)NC(=O)[C@H](C(C)C)N2. The lowest BCUT2D eigenvalue weighted by atomic mass is 10.00. The van der Waals surface area contributed by atoms with Crippen molar-refractivity contribution in [2.24, 2.45) is 5.92 Å². The van der Waals surface area contributed by atoms with Crippen molar-refractivity contribution in [3.63, 3.8) is 0 Å². The second kappa shape index (κ2) is 4.68. The van der Waals surface area contributed by atoms with Gasteiger partial charge >= 0.3 is 5.97 Å². The molecule has 1 aliphatic rings. The van der Waals surface area contributed by atoms with Crippen LogP contribution in [0.25, 0.3) is 0 Å². The predicted octanol–water partition coefficient (Wildman–Crippen LogP) is 1.86. The average molecular weight is 248 g/mol. The highest BCUT2D eigenvalue weighted by Crippen LogP contribution is 2.29. The molecule has 5 nitrogen and oxygen atoms in total. The molecule has 0 radical (unpaired) electrons. The summed E-state index contributed by atoms with van der Waals surface area (Å²) in [5.41, 5.74) is 1.85. The lowest BCUT2D eigenvalue weighted by Gasteiger charge is -2.29. The molecule has 5 heteroatoms. The number of fused-ring (bicyclic) bond motifs is 1. The number of carbonyl (C=O) groups excluding carboxylic acids is 2. The van der Waals surface area contributed by atoms with Crippen molar-refractivity contribution in [3.05, 3.63) is 23.8 Å². The molecule has 1 aromatic carbocycles. The fraction of sp³-hybridized carbons (Fsp3) is 0.385. The van der Waals surface area contributed by atoms with Gasteiger partial charge in [0.25, 0.3) is 0 Å². The van der Waals surface area contributed by atoms with E-state index in [1.54, 1.807) is 18.2 Å². The maximum atomic E-state index is 11.9. The number of benzene rings is 1. The van der Waals surface area contributed by atoms with E-state index in [0.717, 1.165) is 5.69 Å². The third-order valence-electron chi connectivity index (χ3n) is 2.96. The molecule has 96 valence electrons. The molecule has 1 aliphatic heterocycles. The quantitative estimate of drug-likeness (QED) is 0.784. The molecule has 1 aromatic rings. The highest BCUT2D eigenvalue weighted by Gasteiger charge is 2.28. The Balaban J connectivity index is 2.32. The summed E-state index contributed by atoms with van der Waals surface area (Å²) in [6.45, 7) is 3.95. The Hall–Kier alpha value is -2.04. The van der Waals surface area contributed by atoms with Crippen LogP contribution >= 0.6 is 0 Å². The van der Waals surface area contributed by atoms with Gasteiger partial charge in [-0.1, -0.05) is 13.8 Å². The third-order valence-corrected chi connectivity index (χ3v) is 2.96. The Kier molecular flexibility index (Phi) is 3.23. The van der Waals surface area contributed by atoms with Crippen LogP contribution in [0.2, 0.25) is 0 Å². The van der Waals surface area contributed by atoms with Crippen LogP contribution in [0, 0.1) is 5.92 Å². The minimum atomic E-state index is -0.418. The molecular weight excluding hydrogens is 232 g/mol. The summed E-state index contributed by atoms with van der Waals surface area (Å²) in [7, 11) is 1.33. The van der Waals surface area contributed by atoms with Crippen LogP contribution in [0.3, 0.4) is 0 Å². The van der Waals surface area contributed by atoms with Gasteiger partial charge in [-0.2, -0.15) is 0 Å². The molecule has 0 saturated carbocycles. The van der Waals surface area contributed by atoms with Crippen LogP contribution in [0.15, 0.2) is 18.2 Å². The monoisotopic (exact) mass is 248 g/mol. The van der Waals surface area contributed by atoms with Gasteiger partial charge in [0.15, 0.2) is 0 Å². The summed E-state index contributed by atoms with van der Waals surface area (Å²) >= 11 is 0. The number of ether oxygens (including phenoxy) is 1. The fourth-order valence-corrected chi connectivity index (χ4v) is 1.93. The van der Waals surface area contributed by atoms with Crippen LogP contribution in [0.5, 0.6) is 0 Å². The Labute approximate surface area is 106 Å². The van der Waals surface area contributed by atoms with Gasteiger partial charge in [-0.15, -0.1) is 0 Å². The standard InChI is InChI=1S/C13H16N2O3/c1-7(2)11-12(16)15-10-6-8(13(17)18-3)4-5-9(10)14-11/h4-7,11,14H,1-3H3,(H,15,16)/t11-/m0/s1. The number of esters is 1. The number of rotatable bonds is 2. The van der Waals surface area contributed by atoms with E-state index in [9.17, 15) is 9.59 Å². The zero-order chi connectivity index (χ0) is 13.3. The number of nitrogens with one attached hydrogen (secondary N) is 2. The molecule has 0 spiro atoms. The van der Waals surface area contributed by atoms with Crippen LogP contribution in [0.4, 0.5) is 11.4 Å². The van der Waals surface area contributed by atoms with Crippen LogP contribution in [-0.2, 0) is 9.53 Å². The number of anilines is 2. The van der Waals surface area contributed by atoms with E-state index < -0.39 is 5.97 Å². The van der Waals surface area contributed by atoms with Crippen LogP contribution < -0.4 is 10.6 Å². The summed E-state index contributed by atoms with van der Waals surface area (Å²) < 4.78 is 4.64. The summed E-state index contributed by atoms with van der Waals surface area (Å²) in [6, 6.07) is 4.81. The molecule has 2 rings (SSSR count). The smallest absolute Gasteiger partial charge is 0.337 e. The van der Waals surface area contributed by atoms with Crippen molar-refractivity contribution < 1.29 is 14.3 Å². The predicted molar refractivity (Wildman–Crippen MR) is 68.7 cm³/mol. The molecule has 2 N–H and O–H groups in total. The Morgan fingerprint density at radius 3 is 2.67 bits per heavy atom. The van der Waals surface area contributed by atoms with Gasteiger partial charge in [-0.3, -0.25) is 4.79 Å². The first kappa shape index (κ1) is 12.4. The minimum absolute atomic E-state index is 0.0838. The number of methoxy groups -OCH3 is 1. The van der Waals surface area contributed by atoms with Crippen LogP contribution in [0.1, 0.15) is 24.2 Å². The van der Waals surface area contributed by atoms with E-state index in [-0.39, 0.29) is 17.9 Å². The molecule has 0 unspecified atom stereocenters. The summed E-state index contributed by atoms with van der Waals surface area (Å²) in [6.07, 6.45) is 0. The Morgan fingerprint density at radius 2 is 2.06 bits per heavy atom.